The molecule has 0 bridgehead atoms. The predicted octanol–water partition coefficient (Wildman–Crippen LogP) is -2.16. The summed E-state index contributed by atoms with van der Waals surface area (Å²) in [7, 11) is -3.29. The van der Waals surface area contributed by atoms with E-state index in [1.807, 2.05) is 0 Å². The van der Waals surface area contributed by atoms with Gasteiger partial charge in [0.05, 0.1) is 5.75 Å². The number of rotatable bonds is 4. The normalized spacial score (nSPS) is 19.7. The van der Waals surface area contributed by atoms with Crippen LogP contribution in [0.2, 0.25) is 0 Å². The molecule has 0 aromatic rings. The molecule has 0 amide bonds. The molecule has 0 aromatic heterocycles. The quantitative estimate of drug-likeness (QED) is 0.459. The molecular weight excluding hydrogens is 166 g/mol. The van der Waals surface area contributed by atoms with Gasteiger partial charge >= 0.3 is 0 Å². The van der Waals surface area contributed by atoms with Crippen LogP contribution in [0.15, 0.2) is 0 Å². The minimum Gasteiger partial charge on any atom is -0.314 e. The summed E-state index contributed by atoms with van der Waals surface area (Å²) in [6, 6.07) is 0.428. The Kier molecular flexibility index (Phi) is 2.83. The molecule has 1 saturated heterocycles. The lowest BCUT2D eigenvalue weighted by Crippen LogP contribution is -2.56. The average molecular weight is 179 g/mol. The Labute approximate surface area is 66.4 Å². The summed E-state index contributed by atoms with van der Waals surface area (Å²) in [6.07, 6.45) is 0. The lowest BCUT2D eigenvalue weighted by atomic mass is 10.2. The van der Waals surface area contributed by atoms with E-state index in [1.54, 1.807) is 0 Å². The molecule has 66 valence electrons. The first-order valence-corrected chi connectivity index (χ1v) is 5.24. The van der Waals surface area contributed by atoms with Crippen molar-refractivity contribution < 1.29 is 8.42 Å². The Balaban J connectivity index is 2.04. The summed E-state index contributed by atoms with van der Waals surface area (Å²) in [5.41, 5.74) is 0. The molecule has 4 N–H and O–H groups in total. The molecule has 5 nitrogen and oxygen atoms in total. The van der Waals surface area contributed by atoms with Gasteiger partial charge < -0.3 is 10.6 Å². The monoisotopic (exact) mass is 179 g/mol. The van der Waals surface area contributed by atoms with Crippen molar-refractivity contribution in [3.63, 3.8) is 0 Å². The van der Waals surface area contributed by atoms with Crippen molar-refractivity contribution in [2.45, 2.75) is 6.04 Å². The van der Waals surface area contributed by atoms with Gasteiger partial charge in [0.1, 0.15) is 0 Å². The van der Waals surface area contributed by atoms with Gasteiger partial charge in [0.2, 0.25) is 10.0 Å². The summed E-state index contributed by atoms with van der Waals surface area (Å²) in [6.45, 7) is 2.29. The van der Waals surface area contributed by atoms with Crippen LogP contribution in [-0.4, -0.2) is 39.8 Å². The van der Waals surface area contributed by atoms with Gasteiger partial charge in [0.15, 0.2) is 0 Å². The van der Waals surface area contributed by atoms with Crippen molar-refractivity contribution >= 4 is 10.0 Å². The fourth-order valence-corrected chi connectivity index (χ4v) is 1.24. The minimum absolute atomic E-state index is 0.0174. The zero-order valence-corrected chi connectivity index (χ0v) is 7.02. The standard InChI is InChI=1S/C5H13N3O2S/c6-11(9,10)2-1-8-5-3-7-4-5/h5,7-8H,1-4H2,(H2,6,9,10). The lowest BCUT2D eigenvalue weighted by Gasteiger charge is -2.27. The molecule has 0 unspecified atom stereocenters. The first-order valence-electron chi connectivity index (χ1n) is 3.52. The van der Waals surface area contributed by atoms with E-state index in [1.165, 1.54) is 0 Å². The second-order valence-electron chi connectivity index (χ2n) is 2.68. The van der Waals surface area contributed by atoms with Crippen LogP contribution in [0, 0.1) is 0 Å². The number of hydrogen-bond acceptors (Lipinski definition) is 4. The van der Waals surface area contributed by atoms with Gasteiger partial charge in [-0.25, -0.2) is 13.6 Å². The lowest BCUT2D eigenvalue weighted by molar-refractivity contribution is 0.374. The number of nitrogens with one attached hydrogen (secondary N) is 2. The fraction of sp³-hybridized carbons (Fsp3) is 1.00. The Hall–Kier alpha value is -0.170. The van der Waals surface area contributed by atoms with Gasteiger partial charge in [0, 0.05) is 25.7 Å². The molecule has 0 saturated carbocycles. The van der Waals surface area contributed by atoms with Crippen molar-refractivity contribution in [3.8, 4) is 0 Å². The molecule has 1 aliphatic heterocycles. The highest BCUT2D eigenvalue weighted by Gasteiger charge is 2.15. The maximum atomic E-state index is 10.4. The van der Waals surface area contributed by atoms with Gasteiger partial charge in [-0.3, -0.25) is 0 Å². The fourth-order valence-electron chi connectivity index (χ4n) is 0.838. The topological polar surface area (TPSA) is 84.2 Å². The van der Waals surface area contributed by atoms with E-state index in [9.17, 15) is 8.42 Å². The maximum Gasteiger partial charge on any atom is 0.210 e. The highest BCUT2D eigenvalue weighted by molar-refractivity contribution is 7.89. The zero-order valence-electron chi connectivity index (χ0n) is 6.21. The van der Waals surface area contributed by atoms with Crippen LogP contribution < -0.4 is 15.8 Å². The van der Waals surface area contributed by atoms with E-state index in [4.69, 9.17) is 5.14 Å². The molecule has 6 heteroatoms. The number of hydrogen-bond donors (Lipinski definition) is 3. The van der Waals surface area contributed by atoms with Crippen molar-refractivity contribution in [3.05, 3.63) is 0 Å². The molecule has 0 aliphatic carbocycles. The highest BCUT2D eigenvalue weighted by atomic mass is 32.2. The Morgan fingerprint density at radius 3 is 2.55 bits per heavy atom. The van der Waals surface area contributed by atoms with E-state index in [0.29, 0.717) is 12.6 Å². The molecule has 0 spiro atoms. The van der Waals surface area contributed by atoms with Crippen LogP contribution in [0.1, 0.15) is 0 Å². The molecule has 0 radical (unpaired) electrons. The van der Waals surface area contributed by atoms with Crippen LogP contribution in [0.4, 0.5) is 0 Å². The van der Waals surface area contributed by atoms with Crippen molar-refractivity contribution in [1.82, 2.24) is 10.6 Å². The first-order chi connectivity index (χ1) is 5.08. The molecule has 1 rings (SSSR count). The number of sulfonamides is 1. The van der Waals surface area contributed by atoms with E-state index < -0.39 is 10.0 Å². The SMILES string of the molecule is NS(=O)(=O)CCNC1CNC1. The van der Waals surface area contributed by atoms with Crippen molar-refractivity contribution in [2.24, 2.45) is 5.14 Å². The van der Waals surface area contributed by atoms with E-state index in [-0.39, 0.29) is 5.75 Å². The van der Waals surface area contributed by atoms with E-state index >= 15 is 0 Å². The average Bonchev–Trinajstić information content (AvgIpc) is 1.73. The largest absolute Gasteiger partial charge is 0.314 e. The molecular formula is C5H13N3O2S. The van der Waals surface area contributed by atoms with Gasteiger partial charge in [-0.2, -0.15) is 0 Å². The summed E-state index contributed by atoms with van der Waals surface area (Å²) in [4.78, 5) is 0. The van der Waals surface area contributed by atoms with E-state index in [0.717, 1.165) is 13.1 Å². The van der Waals surface area contributed by atoms with Gasteiger partial charge in [0.25, 0.3) is 0 Å². The Morgan fingerprint density at radius 1 is 1.55 bits per heavy atom. The molecule has 1 heterocycles. The second-order valence-corrected chi connectivity index (χ2v) is 4.41. The maximum absolute atomic E-state index is 10.4. The molecule has 0 atom stereocenters. The van der Waals surface area contributed by atoms with Crippen molar-refractivity contribution in [1.29, 1.82) is 0 Å². The van der Waals surface area contributed by atoms with Gasteiger partial charge in [-0.05, 0) is 0 Å². The summed E-state index contributed by atoms with van der Waals surface area (Å²) in [5.74, 6) is 0.0174. The minimum atomic E-state index is -3.29. The van der Waals surface area contributed by atoms with Crippen LogP contribution in [0.5, 0.6) is 0 Å². The summed E-state index contributed by atoms with van der Waals surface area (Å²) >= 11 is 0. The number of primary sulfonamides is 1. The molecule has 11 heavy (non-hydrogen) atoms. The Bertz CT molecular complexity index is 210. The van der Waals surface area contributed by atoms with Crippen LogP contribution in [0.25, 0.3) is 0 Å². The third kappa shape index (κ3) is 3.66. The van der Waals surface area contributed by atoms with Crippen molar-refractivity contribution in [2.75, 3.05) is 25.4 Å². The molecule has 0 aromatic carbocycles. The molecule has 1 fully saturated rings. The highest BCUT2D eigenvalue weighted by Crippen LogP contribution is 1.89. The Morgan fingerprint density at radius 2 is 2.18 bits per heavy atom. The zero-order chi connectivity index (χ0) is 8.32. The smallest absolute Gasteiger partial charge is 0.210 e. The number of nitrogens with two attached hydrogens (primary N) is 1. The van der Waals surface area contributed by atoms with Gasteiger partial charge in [-0.1, -0.05) is 0 Å². The van der Waals surface area contributed by atoms with Crippen LogP contribution in [0.3, 0.4) is 0 Å². The van der Waals surface area contributed by atoms with Crippen LogP contribution in [-0.2, 0) is 10.0 Å². The summed E-state index contributed by atoms with van der Waals surface area (Å²) in [5, 5.41) is 10.9. The molecule has 1 aliphatic rings. The third-order valence-corrected chi connectivity index (χ3v) is 2.37. The van der Waals surface area contributed by atoms with E-state index in [2.05, 4.69) is 10.6 Å². The predicted molar refractivity (Wildman–Crippen MR) is 42.6 cm³/mol. The summed E-state index contributed by atoms with van der Waals surface area (Å²) < 4.78 is 20.9. The van der Waals surface area contributed by atoms with Crippen LogP contribution >= 0.6 is 0 Å². The second kappa shape index (κ2) is 3.48. The third-order valence-electron chi connectivity index (χ3n) is 1.60. The first kappa shape index (κ1) is 8.92. The van der Waals surface area contributed by atoms with Gasteiger partial charge in [-0.15, -0.1) is 0 Å².